The van der Waals surface area contributed by atoms with Crippen LogP contribution in [0.2, 0.25) is 0 Å². The second-order valence-corrected chi connectivity index (χ2v) is 14.3. The van der Waals surface area contributed by atoms with Crippen molar-refractivity contribution in [1.29, 1.82) is 10.5 Å². The van der Waals surface area contributed by atoms with Crippen LogP contribution >= 0.6 is 0 Å². The van der Waals surface area contributed by atoms with Crippen molar-refractivity contribution in [3.05, 3.63) is 203 Å². The summed E-state index contributed by atoms with van der Waals surface area (Å²) in [7, 11) is 3.29. The van der Waals surface area contributed by atoms with E-state index in [9.17, 15) is 10.5 Å². The third-order valence-electron chi connectivity index (χ3n) is 10.3. The molecule has 0 aliphatic heterocycles. The molecule has 0 aliphatic carbocycles. The largest absolute Gasteiger partial charge is 0.497 e. The molecule has 0 spiro atoms. The lowest BCUT2D eigenvalue weighted by molar-refractivity contribution is 0.415. The van der Waals surface area contributed by atoms with Crippen molar-refractivity contribution in [2.45, 2.75) is 0 Å². The predicted molar refractivity (Wildman–Crippen MR) is 256 cm³/mol. The Morgan fingerprint density at radius 1 is 0.371 bits per heavy atom. The number of benzene rings is 8. The fourth-order valence-electron chi connectivity index (χ4n) is 7.14. The minimum Gasteiger partial charge on any atom is -0.497 e. The van der Waals surface area contributed by atoms with Crippen LogP contribution in [0.3, 0.4) is 0 Å². The number of rotatable bonds is 14. The van der Waals surface area contributed by atoms with E-state index in [2.05, 4.69) is 45.5 Å². The number of methoxy groups -OCH3 is 2. The zero-order chi connectivity index (χ0) is 42.7. The molecule has 0 saturated carbocycles. The van der Waals surface area contributed by atoms with E-state index in [-0.39, 0.29) is 0 Å². The number of nitrogens with zero attached hydrogens (tertiary/aromatic N) is 2. The second-order valence-electron chi connectivity index (χ2n) is 14.3. The van der Waals surface area contributed by atoms with Crippen molar-refractivity contribution in [3.63, 3.8) is 0 Å². The van der Waals surface area contributed by atoms with E-state index in [1.165, 1.54) is 0 Å². The molecule has 0 amide bonds. The summed E-state index contributed by atoms with van der Waals surface area (Å²) < 4.78 is 10.7. The van der Waals surface area contributed by atoms with Gasteiger partial charge < -0.3 is 30.7 Å². The molecule has 62 heavy (non-hydrogen) atoms. The Kier molecular flexibility index (Phi) is 12.2. The number of nitriles is 2. The van der Waals surface area contributed by atoms with Gasteiger partial charge in [-0.25, -0.2) is 0 Å². The van der Waals surface area contributed by atoms with Crippen molar-refractivity contribution < 1.29 is 9.47 Å². The van der Waals surface area contributed by atoms with E-state index in [4.69, 9.17) is 9.47 Å². The zero-order valence-corrected chi connectivity index (χ0v) is 34.2. The molecule has 0 heterocycles. The zero-order valence-electron chi connectivity index (χ0n) is 34.2. The summed E-state index contributed by atoms with van der Waals surface area (Å²) in [6.45, 7) is 0. The highest BCUT2D eigenvalue weighted by atomic mass is 16.5. The first kappa shape index (κ1) is 40.1. The van der Waals surface area contributed by atoms with E-state index in [1.807, 2.05) is 182 Å². The molecule has 8 aromatic carbocycles. The third kappa shape index (κ3) is 9.43. The fraction of sp³-hybridized carbons (Fsp3) is 0.0370. The smallest absolute Gasteiger partial charge is 0.119 e. The fourth-order valence-corrected chi connectivity index (χ4v) is 7.14. The Hall–Kier alpha value is -8.72. The van der Waals surface area contributed by atoms with Gasteiger partial charge in [-0.15, -0.1) is 0 Å². The molecule has 0 fully saturated rings. The van der Waals surface area contributed by atoms with Crippen molar-refractivity contribution in [1.82, 2.24) is 0 Å². The maximum absolute atomic E-state index is 10.5. The van der Waals surface area contributed by atoms with Crippen LogP contribution in [0.1, 0.15) is 33.4 Å². The molecule has 0 unspecified atom stereocenters. The van der Waals surface area contributed by atoms with Crippen LogP contribution < -0.4 is 30.7 Å². The first-order valence-electron chi connectivity index (χ1n) is 20.0. The average Bonchev–Trinajstić information content (AvgIpc) is 3.31. The van der Waals surface area contributed by atoms with Crippen molar-refractivity contribution in [2.75, 3.05) is 35.5 Å². The standard InChI is InChI=1S/C54H42N6O2/c1-61-47-27-23-43(24-28-47)59-53-33-45(57-41-9-5-3-6-10-41)21-17-39(53)15-13-37-19-31-50-49(51(37)35-55)32-20-38(52(50)36-56)14-16-40-18-22-46(58-42-11-7-4-8-12-42)34-54(40)60-44-25-29-48(62-2)30-26-44/h3-34,57-60H,1-2H3/b15-13+,16-14+. The van der Waals surface area contributed by atoms with Gasteiger partial charge in [0.15, 0.2) is 0 Å². The minimum absolute atomic E-state index is 0.491. The quantitative estimate of drug-likeness (QED) is 0.0803. The molecule has 0 radical (unpaired) electrons. The Balaban J connectivity index is 1.10. The van der Waals surface area contributed by atoms with E-state index in [0.717, 1.165) is 79.3 Å². The van der Waals surface area contributed by atoms with E-state index in [0.29, 0.717) is 21.9 Å². The molecule has 0 bridgehead atoms. The first-order chi connectivity index (χ1) is 30.5. The van der Waals surface area contributed by atoms with Crippen molar-refractivity contribution >= 4 is 80.6 Å². The molecule has 0 atom stereocenters. The maximum atomic E-state index is 10.5. The lowest BCUT2D eigenvalue weighted by Gasteiger charge is -2.14. The molecule has 0 saturated heterocycles. The van der Waals surface area contributed by atoms with Gasteiger partial charge in [-0.3, -0.25) is 0 Å². The molecular weight excluding hydrogens is 765 g/mol. The molecular formula is C54H42N6O2. The SMILES string of the molecule is COc1ccc(Nc2cc(Nc3ccccc3)ccc2/C=C/c2ccc3c(C#N)c(/C=C/c4ccc(Nc5ccccc5)cc4Nc4ccc(OC)cc4)ccc3c2C#N)cc1. The summed E-state index contributed by atoms with van der Waals surface area (Å²) >= 11 is 0. The van der Waals surface area contributed by atoms with Gasteiger partial charge in [-0.2, -0.15) is 10.5 Å². The van der Waals surface area contributed by atoms with Gasteiger partial charge in [0, 0.05) is 56.3 Å². The van der Waals surface area contributed by atoms with Crippen LogP contribution in [0.4, 0.5) is 45.5 Å². The molecule has 8 aromatic rings. The number of fused-ring (bicyclic) bond motifs is 1. The first-order valence-corrected chi connectivity index (χ1v) is 20.0. The van der Waals surface area contributed by atoms with Gasteiger partial charge in [-0.05, 0) is 119 Å². The molecule has 4 N–H and O–H groups in total. The molecule has 8 rings (SSSR count). The van der Waals surface area contributed by atoms with Crippen molar-refractivity contribution in [3.8, 4) is 23.6 Å². The van der Waals surface area contributed by atoms with E-state index >= 15 is 0 Å². The van der Waals surface area contributed by atoms with Gasteiger partial charge in [0.25, 0.3) is 0 Å². The molecule has 0 aromatic heterocycles. The summed E-state index contributed by atoms with van der Waals surface area (Å²) in [5.74, 6) is 1.54. The average molecular weight is 807 g/mol. The number of hydrogen-bond acceptors (Lipinski definition) is 8. The highest BCUT2D eigenvalue weighted by molar-refractivity contribution is 5.99. The predicted octanol–water partition coefficient (Wildman–Crippen LogP) is 13.9. The van der Waals surface area contributed by atoms with Gasteiger partial charge in [0.1, 0.15) is 23.6 Å². The summed E-state index contributed by atoms with van der Waals surface area (Å²) in [6.07, 6.45) is 7.90. The monoisotopic (exact) mass is 806 g/mol. The minimum atomic E-state index is 0.491. The maximum Gasteiger partial charge on any atom is 0.119 e. The third-order valence-corrected chi connectivity index (χ3v) is 10.3. The molecule has 300 valence electrons. The van der Waals surface area contributed by atoms with Gasteiger partial charge >= 0.3 is 0 Å². The molecule has 0 aliphatic rings. The second kappa shape index (κ2) is 18.9. The lowest BCUT2D eigenvalue weighted by atomic mass is 9.93. The van der Waals surface area contributed by atoms with Gasteiger partial charge in [0.05, 0.1) is 25.3 Å². The number of para-hydroxylation sites is 2. The topological polar surface area (TPSA) is 114 Å². The Morgan fingerprint density at radius 2 is 0.710 bits per heavy atom. The van der Waals surface area contributed by atoms with Crippen LogP contribution in [-0.4, -0.2) is 14.2 Å². The summed E-state index contributed by atoms with van der Waals surface area (Å²) in [5, 5.41) is 36.6. The number of anilines is 8. The normalized spacial score (nSPS) is 10.9. The van der Waals surface area contributed by atoms with Crippen LogP contribution in [0.25, 0.3) is 35.1 Å². The van der Waals surface area contributed by atoms with E-state index in [1.54, 1.807) is 14.2 Å². The van der Waals surface area contributed by atoms with Gasteiger partial charge in [0.2, 0.25) is 0 Å². The molecule has 8 heteroatoms. The Morgan fingerprint density at radius 3 is 1.08 bits per heavy atom. The Bertz CT molecular complexity index is 2780. The summed E-state index contributed by atoms with van der Waals surface area (Å²) in [4.78, 5) is 0. The highest BCUT2D eigenvalue weighted by Crippen LogP contribution is 2.34. The Labute approximate surface area is 361 Å². The highest BCUT2D eigenvalue weighted by Gasteiger charge is 2.13. The molecule has 8 nitrogen and oxygen atoms in total. The van der Waals surface area contributed by atoms with Crippen LogP contribution in [-0.2, 0) is 0 Å². The lowest BCUT2D eigenvalue weighted by Crippen LogP contribution is -1.97. The number of nitrogens with one attached hydrogen (secondary N) is 4. The number of ether oxygens (including phenoxy) is 2. The summed E-state index contributed by atoms with van der Waals surface area (Å²) in [6, 6.07) is 60.3. The van der Waals surface area contributed by atoms with Crippen LogP contribution in [0.5, 0.6) is 11.5 Å². The van der Waals surface area contributed by atoms with Crippen LogP contribution in [0, 0.1) is 22.7 Å². The van der Waals surface area contributed by atoms with E-state index < -0.39 is 0 Å². The number of hydrogen-bond donors (Lipinski definition) is 4. The van der Waals surface area contributed by atoms with Crippen molar-refractivity contribution in [2.24, 2.45) is 0 Å². The van der Waals surface area contributed by atoms with Gasteiger partial charge in [-0.1, -0.05) is 97.1 Å². The van der Waals surface area contributed by atoms with Crippen LogP contribution in [0.15, 0.2) is 170 Å². The summed E-state index contributed by atoms with van der Waals surface area (Å²) in [5.41, 5.74) is 11.7.